The number of benzene rings is 2. The first kappa shape index (κ1) is 24.1. The van der Waals surface area contributed by atoms with Gasteiger partial charge in [0.15, 0.2) is 5.69 Å². The van der Waals surface area contributed by atoms with Crippen LogP contribution in [0.3, 0.4) is 0 Å². The number of hydrogen-bond acceptors (Lipinski definition) is 5. The van der Waals surface area contributed by atoms with Crippen LogP contribution in [0.15, 0.2) is 60.9 Å². The molecule has 0 radical (unpaired) electrons. The molecule has 1 N–H and O–H groups in total. The van der Waals surface area contributed by atoms with Crippen molar-refractivity contribution in [2.24, 2.45) is 5.92 Å². The van der Waals surface area contributed by atoms with Gasteiger partial charge in [0.05, 0.1) is 38.3 Å². The van der Waals surface area contributed by atoms with Crippen LogP contribution in [-0.4, -0.2) is 46.5 Å². The van der Waals surface area contributed by atoms with Crippen LogP contribution in [0.25, 0.3) is 0 Å². The van der Waals surface area contributed by atoms with Crippen LogP contribution in [0.5, 0.6) is 5.75 Å². The van der Waals surface area contributed by atoms with E-state index in [0.717, 1.165) is 22.6 Å². The number of carbonyl (C=O) groups is 2. The number of hydrogen-bond donors (Lipinski definition) is 1. The van der Waals surface area contributed by atoms with Gasteiger partial charge in [-0.15, -0.1) is 0 Å². The van der Waals surface area contributed by atoms with Crippen LogP contribution >= 0.6 is 0 Å². The molecule has 3 aromatic rings. The largest absolute Gasteiger partial charge is 0.497 e. The number of amides is 2. The van der Waals surface area contributed by atoms with Crippen molar-refractivity contribution in [1.29, 1.82) is 0 Å². The minimum Gasteiger partial charge on any atom is -0.497 e. The second kappa shape index (κ2) is 10.5. The number of aromatic nitrogens is 2. The summed E-state index contributed by atoms with van der Waals surface area (Å²) >= 11 is 0. The third-order valence-electron chi connectivity index (χ3n) is 7.23. The molecule has 2 aromatic carbocycles. The number of rotatable bonds is 6. The standard InChI is InChI=1S/C28H32N4O4/c1-19(20-8-10-23(35-2)11-9-20)30-27(33)22-12-14-31(15-13-22)28(34)26-24-17-36-25(16-32(24)18-29-26)21-6-4-3-5-7-21/h3-11,18-19,22,25H,12-17H2,1-2H3,(H,30,33)/t19-,25+/m1/s1. The van der Waals surface area contributed by atoms with Crippen molar-refractivity contribution >= 4 is 11.8 Å². The maximum Gasteiger partial charge on any atom is 0.274 e. The monoisotopic (exact) mass is 488 g/mol. The first-order chi connectivity index (χ1) is 17.5. The lowest BCUT2D eigenvalue weighted by Gasteiger charge is -2.32. The lowest BCUT2D eigenvalue weighted by Crippen LogP contribution is -2.43. The lowest BCUT2D eigenvalue weighted by atomic mass is 9.95. The molecule has 2 aliphatic rings. The molecule has 1 aromatic heterocycles. The van der Waals surface area contributed by atoms with Crippen molar-refractivity contribution in [3.63, 3.8) is 0 Å². The van der Waals surface area contributed by atoms with Gasteiger partial charge in [-0.2, -0.15) is 0 Å². The zero-order valence-electron chi connectivity index (χ0n) is 20.7. The third kappa shape index (κ3) is 4.99. The van der Waals surface area contributed by atoms with E-state index in [9.17, 15) is 9.59 Å². The Labute approximate surface area is 211 Å². The Morgan fingerprint density at radius 2 is 1.81 bits per heavy atom. The van der Waals surface area contributed by atoms with Crippen LogP contribution < -0.4 is 10.1 Å². The molecule has 2 atom stereocenters. The lowest BCUT2D eigenvalue weighted by molar-refractivity contribution is -0.127. The number of likely N-dealkylation sites (tertiary alicyclic amines) is 1. The topological polar surface area (TPSA) is 85.7 Å². The molecule has 1 fully saturated rings. The molecule has 0 aliphatic carbocycles. The molecular formula is C28H32N4O4. The summed E-state index contributed by atoms with van der Waals surface area (Å²) in [5.74, 6) is 0.623. The zero-order valence-corrected chi connectivity index (χ0v) is 20.7. The number of ether oxygens (including phenoxy) is 2. The van der Waals surface area contributed by atoms with E-state index < -0.39 is 0 Å². The predicted octanol–water partition coefficient (Wildman–Crippen LogP) is 3.89. The van der Waals surface area contributed by atoms with E-state index >= 15 is 0 Å². The summed E-state index contributed by atoms with van der Waals surface area (Å²) in [5.41, 5.74) is 3.42. The molecular weight excluding hydrogens is 456 g/mol. The summed E-state index contributed by atoms with van der Waals surface area (Å²) in [5, 5.41) is 3.12. The maximum absolute atomic E-state index is 13.3. The summed E-state index contributed by atoms with van der Waals surface area (Å²) < 4.78 is 13.3. The highest BCUT2D eigenvalue weighted by Crippen LogP contribution is 2.29. The van der Waals surface area contributed by atoms with Gasteiger partial charge in [-0.1, -0.05) is 42.5 Å². The number of piperidine rings is 1. The van der Waals surface area contributed by atoms with Gasteiger partial charge in [0.2, 0.25) is 5.91 Å². The van der Waals surface area contributed by atoms with Crippen molar-refractivity contribution in [2.75, 3.05) is 20.2 Å². The first-order valence-corrected chi connectivity index (χ1v) is 12.5. The van der Waals surface area contributed by atoms with Gasteiger partial charge in [0.25, 0.3) is 5.91 Å². The minimum atomic E-state index is -0.111. The van der Waals surface area contributed by atoms with Crippen LogP contribution in [-0.2, 0) is 22.7 Å². The van der Waals surface area contributed by atoms with Crippen molar-refractivity contribution in [3.8, 4) is 5.75 Å². The van der Waals surface area contributed by atoms with E-state index in [4.69, 9.17) is 9.47 Å². The van der Waals surface area contributed by atoms with Gasteiger partial charge < -0.3 is 24.3 Å². The van der Waals surface area contributed by atoms with Crippen molar-refractivity contribution in [2.45, 2.75) is 45.1 Å². The SMILES string of the molecule is COc1ccc([C@@H](C)NC(=O)C2CCN(C(=O)c3ncn4c3CO[C@H](c3ccccc3)C4)CC2)cc1. The van der Waals surface area contributed by atoms with E-state index in [0.29, 0.717) is 44.8 Å². The fraction of sp³-hybridized carbons (Fsp3) is 0.393. The van der Waals surface area contributed by atoms with E-state index in [2.05, 4.69) is 22.4 Å². The summed E-state index contributed by atoms with van der Waals surface area (Å²) in [6.07, 6.45) is 2.96. The Morgan fingerprint density at radius 1 is 1.08 bits per heavy atom. The van der Waals surface area contributed by atoms with Crippen LogP contribution in [0.2, 0.25) is 0 Å². The third-order valence-corrected chi connectivity index (χ3v) is 7.23. The van der Waals surface area contributed by atoms with Gasteiger partial charge >= 0.3 is 0 Å². The molecule has 3 heterocycles. The minimum absolute atomic E-state index is 0.0325. The molecule has 2 aliphatic heterocycles. The normalized spacial score (nSPS) is 18.8. The maximum atomic E-state index is 13.3. The van der Waals surface area contributed by atoms with E-state index in [1.54, 1.807) is 13.4 Å². The summed E-state index contributed by atoms with van der Waals surface area (Å²) in [6, 6.07) is 17.7. The van der Waals surface area contributed by atoms with Gasteiger partial charge in [0, 0.05) is 19.0 Å². The molecule has 36 heavy (non-hydrogen) atoms. The summed E-state index contributed by atoms with van der Waals surface area (Å²) in [7, 11) is 1.63. The molecule has 0 spiro atoms. The highest BCUT2D eigenvalue weighted by atomic mass is 16.5. The number of nitrogens with one attached hydrogen (secondary N) is 1. The fourth-order valence-electron chi connectivity index (χ4n) is 4.98. The second-order valence-electron chi connectivity index (χ2n) is 9.47. The van der Waals surface area contributed by atoms with Gasteiger partial charge in [-0.3, -0.25) is 9.59 Å². The average molecular weight is 489 g/mol. The molecule has 188 valence electrons. The summed E-state index contributed by atoms with van der Waals surface area (Å²) in [4.78, 5) is 32.4. The highest BCUT2D eigenvalue weighted by Gasteiger charge is 2.32. The van der Waals surface area contributed by atoms with Crippen molar-refractivity contribution in [3.05, 3.63) is 83.4 Å². The van der Waals surface area contributed by atoms with E-state index in [-0.39, 0.29) is 29.9 Å². The molecule has 8 nitrogen and oxygen atoms in total. The predicted molar refractivity (Wildman–Crippen MR) is 134 cm³/mol. The molecule has 1 saturated heterocycles. The Kier molecular flexibility index (Phi) is 7.04. The fourth-order valence-corrected chi connectivity index (χ4v) is 4.98. The molecule has 2 amide bonds. The second-order valence-corrected chi connectivity index (χ2v) is 9.47. The highest BCUT2D eigenvalue weighted by molar-refractivity contribution is 5.93. The van der Waals surface area contributed by atoms with Crippen LogP contribution in [0.4, 0.5) is 0 Å². The number of fused-ring (bicyclic) bond motifs is 1. The molecule has 8 heteroatoms. The number of nitrogens with zero attached hydrogens (tertiary/aromatic N) is 3. The van der Waals surface area contributed by atoms with Gasteiger partial charge in [-0.25, -0.2) is 4.98 Å². The van der Waals surface area contributed by atoms with Gasteiger partial charge in [0.1, 0.15) is 11.9 Å². The summed E-state index contributed by atoms with van der Waals surface area (Å²) in [6.45, 7) is 4.03. The van der Waals surface area contributed by atoms with Crippen LogP contribution in [0, 0.1) is 5.92 Å². The Hall–Kier alpha value is -3.65. The quantitative estimate of drug-likeness (QED) is 0.569. The number of carbonyl (C=O) groups excluding carboxylic acids is 2. The average Bonchev–Trinajstić information content (AvgIpc) is 3.36. The smallest absolute Gasteiger partial charge is 0.274 e. The van der Waals surface area contributed by atoms with Crippen molar-refractivity contribution in [1.82, 2.24) is 19.8 Å². The molecule has 5 rings (SSSR count). The Bertz CT molecular complexity index is 1200. The van der Waals surface area contributed by atoms with E-state index in [1.165, 1.54) is 0 Å². The Balaban J connectivity index is 1.15. The zero-order chi connectivity index (χ0) is 25.1. The van der Waals surface area contributed by atoms with Gasteiger partial charge in [-0.05, 0) is 43.0 Å². The number of methoxy groups -OCH3 is 1. The first-order valence-electron chi connectivity index (χ1n) is 12.5. The number of imidazole rings is 1. The van der Waals surface area contributed by atoms with E-state index in [1.807, 2.05) is 58.9 Å². The van der Waals surface area contributed by atoms with Crippen molar-refractivity contribution < 1.29 is 19.1 Å². The van der Waals surface area contributed by atoms with Crippen LogP contribution in [0.1, 0.15) is 59.2 Å². The molecule has 0 unspecified atom stereocenters. The molecule has 0 bridgehead atoms. The Morgan fingerprint density at radius 3 is 2.50 bits per heavy atom. The molecule has 0 saturated carbocycles.